The summed E-state index contributed by atoms with van der Waals surface area (Å²) in [6.07, 6.45) is 8.36. The van der Waals surface area contributed by atoms with E-state index in [1.807, 2.05) is 12.1 Å². The minimum Gasteiger partial charge on any atom is -0.493 e. The molecule has 2 aliphatic rings. The molecule has 1 saturated heterocycles. The molecule has 0 bridgehead atoms. The Labute approximate surface area is 160 Å². The number of methoxy groups -OCH3 is 2. The van der Waals surface area contributed by atoms with Gasteiger partial charge in [-0.15, -0.1) is 11.3 Å². The summed E-state index contributed by atoms with van der Waals surface area (Å²) in [7, 11) is 3.36. The van der Waals surface area contributed by atoms with Crippen molar-refractivity contribution in [1.29, 1.82) is 0 Å². The minimum atomic E-state index is 0.753. The van der Waals surface area contributed by atoms with Crippen LogP contribution in [0.4, 0.5) is 0 Å². The molecule has 4 nitrogen and oxygen atoms in total. The number of thiazole rings is 1. The average Bonchev–Trinajstić information content (AvgIpc) is 3.16. The summed E-state index contributed by atoms with van der Waals surface area (Å²) in [5.74, 6) is 2.43. The summed E-state index contributed by atoms with van der Waals surface area (Å²) < 4.78 is 11.0. The van der Waals surface area contributed by atoms with Crippen molar-refractivity contribution in [3.63, 3.8) is 0 Å². The van der Waals surface area contributed by atoms with Gasteiger partial charge in [-0.2, -0.15) is 0 Å². The van der Waals surface area contributed by atoms with E-state index in [0.717, 1.165) is 40.6 Å². The third-order valence-electron chi connectivity index (χ3n) is 5.91. The van der Waals surface area contributed by atoms with E-state index in [-0.39, 0.29) is 0 Å². The number of hydrogen-bond donors (Lipinski definition) is 0. The van der Waals surface area contributed by atoms with Crippen LogP contribution in [0, 0.1) is 5.92 Å². The molecule has 140 valence electrons. The van der Waals surface area contributed by atoms with Crippen LogP contribution in [0.5, 0.6) is 11.5 Å². The van der Waals surface area contributed by atoms with E-state index in [9.17, 15) is 0 Å². The second-order valence-electron chi connectivity index (χ2n) is 7.41. The maximum atomic E-state index is 5.58. The number of para-hydroxylation sites is 1. The maximum absolute atomic E-state index is 5.58. The van der Waals surface area contributed by atoms with Crippen molar-refractivity contribution >= 4 is 11.3 Å². The highest BCUT2D eigenvalue weighted by Crippen LogP contribution is 2.40. The first kappa shape index (κ1) is 17.8. The van der Waals surface area contributed by atoms with E-state index in [1.54, 1.807) is 25.6 Å². The van der Waals surface area contributed by atoms with Crippen LogP contribution in [-0.2, 0) is 6.54 Å². The van der Waals surface area contributed by atoms with Gasteiger partial charge in [0.1, 0.15) is 5.01 Å². The lowest BCUT2D eigenvalue weighted by Gasteiger charge is -2.44. The van der Waals surface area contributed by atoms with Crippen LogP contribution >= 0.6 is 11.3 Å². The van der Waals surface area contributed by atoms with Crippen molar-refractivity contribution in [3.05, 3.63) is 29.3 Å². The topological polar surface area (TPSA) is 34.6 Å². The highest BCUT2D eigenvalue weighted by atomic mass is 32.1. The van der Waals surface area contributed by atoms with E-state index in [1.165, 1.54) is 50.8 Å². The number of aromatic nitrogens is 1. The van der Waals surface area contributed by atoms with E-state index in [2.05, 4.69) is 16.3 Å². The SMILES string of the molecule is COc1cccc(-c2nc(CN3CCCC4CCCCC43)cs2)c1OC. The van der Waals surface area contributed by atoms with Gasteiger partial charge >= 0.3 is 0 Å². The molecular formula is C21H28N2O2S. The Morgan fingerprint density at radius 3 is 2.81 bits per heavy atom. The zero-order valence-electron chi connectivity index (χ0n) is 15.7. The Morgan fingerprint density at radius 1 is 1.12 bits per heavy atom. The number of ether oxygens (including phenoxy) is 2. The summed E-state index contributed by atoms with van der Waals surface area (Å²) >= 11 is 1.70. The van der Waals surface area contributed by atoms with Crippen molar-refractivity contribution in [2.45, 2.75) is 51.1 Å². The molecule has 2 fully saturated rings. The van der Waals surface area contributed by atoms with Gasteiger partial charge in [0.2, 0.25) is 0 Å². The van der Waals surface area contributed by atoms with Crippen LogP contribution in [-0.4, -0.2) is 36.7 Å². The van der Waals surface area contributed by atoms with E-state index in [0.29, 0.717) is 0 Å². The van der Waals surface area contributed by atoms with Crippen LogP contribution < -0.4 is 9.47 Å². The molecule has 1 aromatic carbocycles. The summed E-state index contributed by atoms with van der Waals surface area (Å²) in [4.78, 5) is 7.63. The van der Waals surface area contributed by atoms with Gasteiger partial charge in [0, 0.05) is 18.0 Å². The standard InChI is InChI=1S/C21H28N2O2S/c1-24-19-11-5-9-17(20(19)25-2)21-22-16(14-26-21)13-23-12-6-8-15-7-3-4-10-18(15)23/h5,9,11,14-15,18H,3-4,6-8,10,12-13H2,1-2H3. The zero-order chi connectivity index (χ0) is 17.9. The van der Waals surface area contributed by atoms with Gasteiger partial charge in [-0.05, 0) is 50.3 Å². The van der Waals surface area contributed by atoms with Gasteiger partial charge in [0.05, 0.1) is 25.5 Å². The highest BCUT2D eigenvalue weighted by molar-refractivity contribution is 7.13. The Hall–Kier alpha value is -1.59. The van der Waals surface area contributed by atoms with Gasteiger partial charge in [-0.3, -0.25) is 4.90 Å². The van der Waals surface area contributed by atoms with E-state index in [4.69, 9.17) is 14.5 Å². The molecule has 0 amide bonds. The van der Waals surface area contributed by atoms with Gasteiger partial charge in [0.15, 0.2) is 11.5 Å². The Morgan fingerprint density at radius 2 is 1.96 bits per heavy atom. The Balaban J connectivity index is 1.53. The molecule has 0 radical (unpaired) electrons. The minimum absolute atomic E-state index is 0.753. The highest BCUT2D eigenvalue weighted by Gasteiger charge is 2.33. The molecule has 2 atom stereocenters. The first-order valence-electron chi connectivity index (χ1n) is 9.70. The van der Waals surface area contributed by atoms with Gasteiger partial charge in [-0.1, -0.05) is 18.9 Å². The second-order valence-corrected chi connectivity index (χ2v) is 8.27. The second kappa shape index (κ2) is 7.97. The zero-order valence-corrected chi connectivity index (χ0v) is 16.6. The number of nitrogens with zero attached hydrogens (tertiary/aromatic N) is 2. The number of rotatable bonds is 5. The molecule has 2 aromatic rings. The fraction of sp³-hybridized carbons (Fsp3) is 0.571. The molecule has 5 heteroatoms. The Bertz CT molecular complexity index is 743. The van der Waals surface area contributed by atoms with Crippen LogP contribution in [0.1, 0.15) is 44.2 Å². The molecule has 4 rings (SSSR count). The van der Waals surface area contributed by atoms with Crippen LogP contribution in [0.3, 0.4) is 0 Å². The molecular weight excluding hydrogens is 344 g/mol. The molecule has 1 saturated carbocycles. The molecule has 2 heterocycles. The van der Waals surface area contributed by atoms with Crippen molar-refractivity contribution < 1.29 is 9.47 Å². The van der Waals surface area contributed by atoms with Gasteiger partial charge in [0.25, 0.3) is 0 Å². The number of piperidine rings is 1. The largest absolute Gasteiger partial charge is 0.493 e. The molecule has 1 aromatic heterocycles. The smallest absolute Gasteiger partial charge is 0.170 e. The fourth-order valence-corrected chi connectivity index (χ4v) is 5.52. The Kier molecular flexibility index (Phi) is 5.46. The number of likely N-dealkylation sites (tertiary alicyclic amines) is 1. The van der Waals surface area contributed by atoms with Gasteiger partial charge < -0.3 is 9.47 Å². The normalized spacial score (nSPS) is 23.5. The first-order chi connectivity index (χ1) is 12.8. The molecule has 1 aliphatic carbocycles. The first-order valence-corrected chi connectivity index (χ1v) is 10.6. The van der Waals surface area contributed by atoms with Crippen LogP contribution in [0.25, 0.3) is 10.6 Å². The number of benzene rings is 1. The summed E-state index contributed by atoms with van der Waals surface area (Å²) in [6, 6.07) is 6.75. The molecule has 2 unspecified atom stereocenters. The molecule has 0 spiro atoms. The molecule has 0 N–H and O–H groups in total. The summed E-state index contributed by atoms with van der Waals surface area (Å²) in [5, 5.41) is 3.22. The predicted octanol–water partition coefficient (Wildman–Crippen LogP) is 4.98. The lowest BCUT2D eigenvalue weighted by molar-refractivity contribution is 0.0539. The quantitative estimate of drug-likeness (QED) is 0.741. The van der Waals surface area contributed by atoms with Gasteiger partial charge in [-0.25, -0.2) is 4.98 Å². The number of hydrogen-bond acceptors (Lipinski definition) is 5. The predicted molar refractivity (Wildman–Crippen MR) is 106 cm³/mol. The summed E-state index contributed by atoms with van der Waals surface area (Å²) in [5.41, 5.74) is 2.19. The molecule has 1 aliphatic heterocycles. The number of fused-ring (bicyclic) bond motifs is 1. The van der Waals surface area contributed by atoms with Crippen molar-refractivity contribution in [2.75, 3.05) is 20.8 Å². The third-order valence-corrected chi connectivity index (χ3v) is 6.83. The molecule has 26 heavy (non-hydrogen) atoms. The van der Waals surface area contributed by atoms with Crippen molar-refractivity contribution in [1.82, 2.24) is 9.88 Å². The fourth-order valence-electron chi connectivity index (χ4n) is 4.69. The van der Waals surface area contributed by atoms with E-state index < -0.39 is 0 Å². The van der Waals surface area contributed by atoms with Crippen molar-refractivity contribution in [2.24, 2.45) is 5.92 Å². The van der Waals surface area contributed by atoms with E-state index >= 15 is 0 Å². The van der Waals surface area contributed by atoms with Crippen molar-refractivity contribution in [3.8, 4) is 22.1 Å². The maximum Gasteiger partial charge on any atom is 0.170 e. The lowest BCUT2D eigenvalue weighted by Crippen LogP contribution is -2.46. The summed E-state index contributed by atoms with van der Waals surface area (Å²) in [6.45, 7) is 2.19. The lowest BCUT2D eigenvalue weighted by atomic mass is 9.78. The monoisotopic (exact) mass is 372 g/mol. The van der Waals surface area contributed by atoms with Crippen LogP contribution in [0.15, 0.2) is 23.6 Å². The third kappa shape index (κ3) is 3.47. The average molecular weight is 373 g/mol. The van der Waals surface area contributed by atoms with Crippen LogP contribution in [0.2, 0.25) is 0 Å².